The fraction of sp³-hybridized carbons (Fsp3) is 0.400. The van der Waals surface area contributed by atoms with E-state index >= 15 is 0 Å². The van der Waals surface area contributed by atoms with Crippen LogP contribution in [-0.2, 0) is 16.0 Å². The van der Waals surface area contributed by atoms with Crippen LogP contribution in [0.25, 0.3) is 0 Å². The van der Waals surface area contributed by atoms with E-state index < -0.39 is 6.29 Å². The van der Waals surface area contributed by atoms with Gasteiger partial charge in [0.25, 0.3) is 5.91 Å². The van der Waals surface area contributed by atoms with Gasteiger partial charge in [0.1, 0.15) is 18.9 Å². The minimum absolute atomic E-state index is 0.160. The Bertz CT molecular complexity index is 820. The number of nitrogens with zero attached hydrogens (tertiary/aromatic N) is 2. The predicted molar refractivity (Wildman–Crippen MR) is 96.8 cm³/mol. The molecule has 3 heterocycles. The van der Waals surface area contributed by atoms with Crippen molar-refractivity contribution in [2.24, 2.45) is 0 Å². The summed E-state index contributed by atoms with van der Waals surface area (Å²) in [5, 5.41) is 0. The number of fused-ring (bicyclic) bond motifs is 1. The zero-order valence-electron chi connectivity index (χ0n) is 15.2. The lowest BCUT2D eigenvalue weighted by molar-refractivity contribution is -0.0585. The van der Waals surface area contributed by atoms with E-state index in [0.29, 0.717) is 51.0 Å². The van der Waals surface area contributed by atoms with Gasteiger partial charge in [0.05, 0.1) is 19.8 Å². The molecule has 1 saturated heterocycles. The lowest BCUT2D eigenvalue weighted by atomic mass is 10.1. The number of amides is 1. The predicted octanol–water partition coefficient (Wildman–Crippen LogP) is 2.18. The number of aryl methyl sites for hydroxylation is 1. The molecule has 4 rings (SSSR count). The van der Waals surface area contributed by atoms with Crippen LogP contribution in [0.5, 0.6) is 11.5 Å². The van der Waals surface area contributed by atoms with E-state index in [0.717, 1.165) is 17.0 Å². The molecule has 1 aromatic carbocycles. The summed E-state index contributed by atoms with van der Waals surface area (Å²) in [5.41, 5.74) is 2.15. The summed E-state index contributed by atoms with van der Waals surface area (Å²) in [7, 11) is 0. The normalized spacial score (nSPS) is 16.3. The second-order valence-corrected chi connectivity index (χ2v) is 6.50. The Morgan fingerprint density at radius 3 is 2.63 bits per heavy atom. The van der Waals surface area contributed by atoms with Gasteiger partial charge in [-0.2, -0.15) is 0 Å². The number of benzene rings is 1. The van der Waals surface area contributed by atoms with Crippen molar-refractivity contribution in [1.82, 2.24) is 9.88 Å². The summed E-state index contributed by atoms with van der Waals surface area (Å²) in [6.07, 6.45) is -0.420. The third-order valence-electron chi connectivity index (χ3n) is 4.43. The second kappa shape index (κ2) is 7.94. The van der Waals surface area contributed by atoms with Crippen LogP contribution < -0.4 is 9.47 Å². The highest BCUT2D eigenvalue weighted by atomic mass is 16.7. The molecule has 0 unspecified atom stereocenters. The van der Waals surface area contributed by atoms with Gasteiger partial charge in [0.2, 0.25) is 0 Å². The van der Waals surface area contributed by atoms with Crippen molar-refractivity contribution in [3.63, 3.8) is 0 Å². The van der Waals surface area contributed by atoms with Crippen molar-refractivity contribution in [2.75, 3.05) is 33.0 Å². The quantitative estimate of drug-likeness (QED) is 0.803. The summed E-state index contributed by atoms with van der Waals surface area (Å²) in [5.74, 6) is 1.27. The van der Waals surface area contributed by atoms with Gasteiger partial charge in [-0.05, 0) is 36.8 Å². The topological polar surface area (TPSA) is 70.1 Å². The van der Waals surface area contributed by atoms with Crippen LogP contribution >= 0.6 is 0 Å². The van der Waals surface area contributed by atoms with Crippen LogP contribution in [0.3, 0.4) is 0 Å². The maximum absolute atomic E-state index is 13.1. The van der Waals surface area contributed by atoms with E-state index in [1.54, 1.807) is 11.0 Å². The zero-order valence-corrected chi connectivity index (χ0v) is 15.2. The molecule has 1 amide bonds. The van der Waals surface area contributed by atoms with Gasteiger partial charge in [-0.1, -0.05) is 12.1 Å². The molecular weight excluding hydrogens is 348 g/mol. The summed E-state index contributed by atoms with van der Waals surface area (Å²) in [6, 6.07) is 11.1. The fourth-order valence-electron chi connectivity index (χ4n) is 3.14. The van der Waals surface area contributed by atoms with Crippen LogP contribution in [0.2, 0.25) is 0 Å². The maximum atomic E-state index is 13.1. The molecule has 0 bridgehead atoms. The summed E-state index contributed by atoms with van der Waals surface area (Å²) in [6.45, 7) is 4.75. The van der Waals surface area contributed by atoms with E-state index in [4.69, 9.17) is 18.9 Å². The van der Waals surface area contributed by atoms with Gasteiger partial charge in [0, 0.05) is 12.2 Å². The van der Waals surface area contributed by atoms with E-state index in [1.165, 1.54) is 0 Å². The first-order chi connectivity index (χ1) is 13.2. The molecule has 1 fully saturated rings. The van der Waals surface area contributed by atoms with Gasteiger partial charge in [-0.3, -0.25) is 4.79 Å². The standard InChI is InChI=1S/C20H22N2O5/c1-14-3-2-4-16(21-14)20(23)22(13-19-26-9-10-27-19)12-15-5-6-17-18(11-15)25-8-7-24-17/h2-6,11,19H,7-10,12-13H2,1H3. The number of ether oxygens (including phenoxy) is 4. The summed E-state index contributed by atoms with van der Waals surface area (Å²) >= 11 is 0. The summed E-state index contributed by atoms with van der Waals surface area (Å²) < 4.78 is 22.3. The van der Waals surface area contributed by atoms with E-state index in [2.05, 4.69) is 4.98 Å². The minimum atomic E-state index is -0.420. The average Bonchev–Trinajstić information content (AvgIpc) is 3.20. The van der Waals surface area contributed by atoms with E-state index in [-0.39, 0.29) is 5.91 Å². The number of rotatable bonds is 5. The first-order valence-corrected chi connectivity index (χ1v) is 9.04. The lowest BCUT2D eigenvalue weighted by Gasteiger charge is -2.26. The highest BCUT2D eigenvalue weighted by molar-refractivity contribution is 5.92. The van der Waals surface area contributed by atoms with Crippen molar-refractivity contribution in [2.45, 2.75) is 19.8 Å². The van der Waals surface area contributed by atoms with E-state index in [9.17, 15) is 4.79 Å². The molecule has 1 aromatic heterocycles. The molecule has 0 aliphatic carbocycles. The Labute approximate surface area is 157 Å². The van der Waals surface area contributed by atoms with Crippen molar-refractivity contribution in [3.8, 4) is 11.5 Å². The monoisotopic (exact) mass is 370 g/mol. The second-order valence-electron chi connectivity index (χ2n) is 6.50. The molecule has 0 N–H and O–H groups in total. The zero-order chi connectivity index (χ0) is 18.6. The molecule has 2 aromatic rings. The largest absolute Gasteiger partial charge is 0.486 e. The fourth-order valence-corrected chi connectivity index (χ4v) is 3.14. The van der Waals surface area contributed by atoms with Crippen LogP contribution in [0.15, 0.2) is 36.4 Å². The number of hydrogen-bond donors (Lipinski definition) is 0. The van der Waals surface area contributed by atoms with Gasteiger partial charge in [-0.15, -0.1) is 0 Å². The SMILES string of the molecule is Cc1cccc(C(=O)N(Cc2ccc3c(c2)OCCO3)CC2OCCO2)n1. The molecule has 7 heteroatoms. The number of carbonyl (C=O) groups excluding carboxylic acids is 1. The van der Waals surface area contributed by atoms with Crippen molar-refractivity contribution in [3.05, 3.63) is 53.3 Å². The molecule has 7 nitrogen and oxygen atoms in total. The van der Waals surface area contributed by atoms with Crippen molar-refractivity contribution < 1.29 is 23.7 Å². The number of aromatic nitrogens is 1. The van der Waals surface area contributed by atoms with Gasteiger partial charge in [0.15, 0.2) is 17.8 Å². The number of hydrogen-bond acceptors (Lipinski definition) is 6. The Kier molecular flexibility index (Phi) is 5.22. The van der Waals surface area contributed by atoms with Gasteiger partial charge in [-0.25, -0.2) is 4.98 Å². The molecule has 27 heavy (non-hydrogen) atoms. The average molecular weight is 370 g/mol. The Balaban J connectivity index is 1.56. The van der Waals surface area contributed by atoms with E-state index in [1.807, 2.05) is 37.3 Å². The third kappa shape index (κ3) is 4.20. The first kappa shape index (κ1) is 17.8. The highest BCUT2D eigenvalue weighted by Crippen LogP contribution is 2.31. The van der Waals surface area contributed by atoms with Crippen LogP contribution in [0.4, 0.5) is 0 Å². The first-order valence-electron chi connectivity index (χ1n) is 9.04. The Morgan fingerprint density at radius 1 is 1.07 bits per heavy atom. The van der Waals surface area contributed by atoms with Crippen molar-refractivity contribution >= 4 is 5.91 Å². The molecule has 0 spiro atoms. The van der Waals surface area contributed by atoms with Crippen LogP contribution in [-0.4, -0.2) is 55.1 Å². The van der Waals surface area contributed by atoms with Crippen molar-refractivity contribution in [1.29, 1.82) is 0 Å². The molecular formula is C20H22N2O5. The van der Waals surface area contributed by atoms with Crippen LogP contribution in [0.1, 0.15) is 21.7 Å². The Morgan fingerprint density at radius 2 is 1.85 bits per heavy atom. The third-order valence-corrected chi connectivity index (χ3v) is 4.43. The molecule has 0 saturated carbocycles. The lowest BCUT2D eigenvalue weighted by Crippen LogP contribution is -2.38. The molecule has 142 valence electrons. The molecule has 2 aliphatic rings. The number of carbonyl (C=O) groups is 1. The Hall–Kier alpha value is -2.64. The molecule has 2 aliphatic heterocycles. The minimum Gasteiger partial charge on any atom is -0.486 e. The molecule has 0 atom stereocenters. The number of pyridine rings is 1. The summed E-state index contributed by atoms with van der Waals surface area (Å²) in [4.78, 5) is 19.1. The smallest absolute Gasteiger partial charge is 0.272 e. The van der Waals surface area contributed by atoms with Gasteiger partial charge >= 0.3 is 0 Å². The highest BCUT2D eigenvalue weighted by Gasteiger charge is 2.25. The molecule has 0 radical (unpaired) electrons. The maximum Gasteiger partial charge on any atom is 0.272 e. The van der Waals surface area contributed by atoms with Gasteiger partial charge < -0.3 is 23.8 Å². The van der Waals surface area contributed by atoms with Crippen LogP contribution in [0, 0.1) is 6.92 Å².